The van der Waals surface area contributed by atoms with Crippen LogP contribution in [-0.4, -0.2) is 37.0 Å². The molecule has 0 heterocycles. The van der Waals surface area contributed by atoms with E-state index in [1.165, 1.54) is 12.8 Å². The number of rotatable bonds is 7. The molecule has 0 aromatic rings. The zero-order valence-corrected chi connectivity index (χ0v) is 11.4. The fourth-order valence-electron chi connectivity index (χ4n) is 2.18. The van der Waals surface area contributed by atoms with Crippen LogP contribution in [0.25, 0.3) is 0 Å². The Bertz CT molecular complexity index is 275. The number of nitrogens with one attached hydrogen (secondary N) is 3. The average Bonchev–Trinajstić information content (AvgIpc) is 2.82. The molecule has 0 aromatic heterocycles. The normalized spacial score (nSPS) is 17.4. The Morgan fingerprint density at radius 1 is 1.28 bits per heavy atom. The maximum atomic E-state index is 11.8. The summed E-state index contributed by atoms with van der Waals surface area (Å²) in [5, 5.41) is 8.84. The van der Waals surface area contributed by atoms with Crippen molar-refractivity contribution in [1.29, 1.82) is 0 Å². The van der Waals surface area contributed by atoms with E-state index >= 15 is 0 Å². The number of carbonyl (C=O) groups is 2. The predicted octanol–water partition coefficient (Wildman–Crippen LogP) is 0.549. The van der Waals surface area contributed by atoms with Crippen LogP contribution >= 0.6 is 0 Å². The van der Waals surface area contributed by atoms with Crippen molar-refractivity contribution in [3.05, 3.63) is 0 Å². The molecule has 1 unspecified atom stereocenters. The Labute approximate surface area is 109 Å². The number of hydrogen-bond donors (Lipinski definition) is 3. The summed E-state index contributed by atoms with van der Waals surface area (Å²) in [4.78, 5) is 23.0. The van der Waals surface area contributed by atoms with Gasteiger partial charge in [-0.2, -0.15) is 0 Å². The zero-order valence-electron chi connectivity index (χ0n) is 11.4. The van der Waals surface area contributed by atoms with Gasteiger partial charge in [-0.3, -0.25) is 9.59 Å². The van der Waals surface area contributed by atoms with Gasteiger partial charge in [0.25, 0.3) is 0 Å². The van der Waals surface area contributed by atoms with Crippen LogP contribution in [0, 0.1) is 0 Å². The molecule has 104 valence electrons. The van der Waals surface area contributed by atoms with Crippen molar-refractivity contribution in [2.45, 2.75) is 58.0 Å². The van der Waals surface area contributed by atoms with E-state index in [1.807, 2.05) is 13.8 Å². The summed E-state index contributed by atoms with van der Waals surface area (Å²) in [6.07, 6.45) is 5.03. The van der Waals surface area contributed by atoms with Crippen molar-refractivity contribution >= 4 is 11.8 Å². The van der Waals surface area contributed by atoms with Crippen molar-refractivity contribution < 1.29 is 9.59 Å². The largest absolute Gasteiger partial charge is 0.356 e. The molecule has 0 aromatic carbocycles. The average molecular weight is 255 g/mol. The number of amides is 2. The van der Waals surface area contributed by atoms with E-state index in [4.69, 9.17) is 0 Å². The molecule has 1 aliphatic rings. The highest BCUT2D eigenvalue weighted by Crippen LogP contribution is 2.17. The fourth-order valence-corrected chi connectivity index (χ4v) is 2.18. The minimum atomic E-state index is -0.236. The Morgan fingerprint density at radius 2 is 1.94 bits per heavy atom. The minimum absolute atomic E-state index is 0.0217. The van der Waals surface area contributed by atoms with Crippen LogP contribution in [0.3, 0.4) is 0 Å². The molecule has 0 saturated heterocycles. The maximum absolute atomic E-state index is 11.8. The summed E-state index contributed by atoms with van der Waals surface area (Å²) < 4.78 is 0. The molecule has 18 heavy (non-hydrogen) atoms. The van der Waals surface area contributed by atoms with Crippen LogP contribution in [0.15, 0.2) is 0 Å². The first kappa shape index (κ1) is 15.0. The standard InChI is InChI=1S/C13H25N3O2/c1-3-14-12(17)8-9-15-10(2)13(18)16-11-6-4-5-7-11/h10-11,15H,3-9H2,1-2H3,(H,14,17)(H,16,18). The quantitative estimate of drug-likeness (QED) is 0.622. The van der Waals surface area contributed by atoms with E-state index in [-0.39, 0.29) is 17.9 Å². The Balaban J connectivity index is 2.13. The van der Waals surface area contributed by atoms with Gasteiger partial charge in [0, 0.05) is 25.6 Å². The van der Waals surface area contributed by atoms with Crippen molar-refractivity contribution in [3.8, 4) is 0 Å². The third-order valence-corrected chi connectivity index (χ3v) is 3.27. The van der Waals surface area contributed by atoms with E-state index in [1.54, 1.807) is 0 Å². The number of carbonyl (C=O) groups excluding carboxylic acids is 2. The third-order valence-electron chi connectivity index (χ3n) is 3.27. The monoisotopic (exact) mass is 255 g/mol. The second-order valence-corrected chi connectivity index (χ2v) is 4.87. The Kier molecular flexibility index (Phi) is 6.72. The maximum Gasteiger partial charge on any atom is 0.237 e. The molecule has 0 spiro atoms. The molecule has 1 rings (SSSR count). The van der Waals surface area contributed by atoms with Gasteiger partial charge in [0.05, 0.1) is 6.04 Å². The highest BCUT2D eigenvalue weighted by atomic mass is 16.2. The van der Waals surface area contributed by atoms with Crippen molar-refractivity contribution in [1.82, 2.24) is 16.0 Å². The SMILES string of the molecule is CCNC(=O)CCNC(C)C(=O)NC1CCCC1. The highest BCUT2D eigenvalue weighted by molar-refractivity contribution is 5.81. The highest BCUT2D eigenvalue weighted by Gasteiger charge is 2.20. The Morgan fingerprint density at radius 3 is 2.56 bits per heavy atom. The van der Waals surface area contributed by atoms with Gasteiger partial charge in [-0.05, 0) is 26.7 Å². The summed E-state index contributed by atoms with van der Waals surface area (Å²) in [6.45, 7) is 4.91. The molecule has 0 aliphatic heterocycles. The fraction of sp³-hybridized carbons (Fsp3) is 0.846. The molecule has 3 N–H and O–H groups in total. The lowest BCUT2D eigenvalue weighted by atomic mass is 10.2. The first-order valence-corrected chi connectivity index (χ1v) is 6.94. The molecule has 1 fully saturated rings. The lowest BCUT2D eigenvalue weighted by Gasteiger charge is -2.17. The third kappa shape index (κ3) is 5.49. The van der Waals surface area contributed by atoms with Gasteiger partial charge >= 0.3 is 0 Å². The lowest BCUT2D eigenvalue weighted by molar-refractivity contribution is -0.124. The summed E-state index contributed by atoms with van der Waals surface area (Å²) >= 11 is 0. The van der Waals surface area contributed by atoms with E-state index in [0.717, 1.165) is 12.8 Å². The van der Waals surface area contributed by atoms with Gasteiger partial charge < -0.3 is 16.0 Å². The van der Waals surface area contributed by atoms with E-state index in [0.29, 0.717) is 25.6 Å². The number of hydrogen-bond acceptors (Lipinski definition) is 3. The van der Waals surface area contributed by atoms with Crippen LogP contribution < -0.4 is 16.0 Å². The molecule has 1 aliphatic carbocycles. The van der Waals surface area contributed by atoms with Crippen LogP contribution in [0.2, 0.25) is 0 Å². The van der Waals surface area contributed by atoms with Crippen molar-refractivity contribution in [2.75, 3.05) is 13.1 Å². The molecular weight excluding hydrogens is 230 g/mol. The van der Waals surface area contributed by atoms with Gasteiger partial charge in [-0.25, -0.2) is 0 Å². The van der Waals surface area contributed by atoms with Crippen LogP contribution in [-0.2, 0) is 9.59 Å². The van der Waals surface area contributed by atoms with E-state index in [9.17, 15) is 9.59 Å². The minimum Gasteiger partial charge on any atom is -0.356 e. The van der Waals surface area contributed by atoms with Gasteiger partial charge in [0.15, 0.2) is 0 Å². The molecule has 5 heteroatoms. The van der Waals surface area contributed by atoms with Gasteiger partial charge in [-0.15, -0.1) is 0 Å². The summed E-state index contributed by atoms with van der Waals surface area (Å²) in [7, 11) is 0. The summed E-state index contributed by atoms with van der Waals surface area (Å²) in [5.74, 6) is 0.0613. The smallest absolute Gasteiger partial charge is 0.237 e. The second kappa shape index (κ2) is 8.08. The molecule has 1 atom stereocenters. The van der Waals surface area contributed by atoms with Gasteiger partial charge in [0.2, 0.25) is 11.8 Å². The Hall–Kier alpha value is -1.10. The first-order chi connectivity index (χ1) is 8.63. The van der Waals surface area contributed by atoms with Crippen LogP contribution in [0.5, 0.6) is 0 Å². The van der Waals surface area contributed by atoms with E-state index in [2.05, 4.69) is 16.0 Å². The second-order valence-electron chi connectivity index (χ2n) is 4.87. The van der Waals surface area contributed by atoms with Gasteiger partial charge in [-0.1, -0.05) is 12.8 Å². The topological polar surface area (TPSA) is 70.2 Å². The lowest BCUT2D eigenvalue weighted by Crippen LogP contribution is -2.46. The van der Waals surface area contributed by atoms with Crippen LogP contribution in [0.1, 0.15) is 46.0 Å². The molecule has 5 nitrogen and oxygen atoms in total. The molecule has 0 radical (unpaired) electrons. The van der Waals surface area contributed by atoms with Crippen molar-refractivity contribution in [2.24, 2.45) is 0 Å². The molecule has 0 bridgehead atoms. The molecule has 2 amide bonds. The first-order valence-electron chi connectivity index (χ1n) is 6.94. The predicted molar refractivity (Wildman–Crippen MR) is 71.2 cm³/mol. The molecular formula is C13H25N3O2. The van der Waals surface area contributed by atoms with E-state index < -0.39 is 0 Å². The molecule has 1 saturated carbocycles. The van der Waals surface area contributed by atoms with Crippen LogP contribution in [0.4, 0.5) is 0 Å². The summed E-state index contributed by atoms with van der Waals surface area (Å²) in [6, 6.07) is 0.116. The van der Waals surface area contributed by atoms with Crippen molar-refractivity contribution in [3.63, 3.8) is 0 Å². The summed E-state index contributed by atoms with van der Waals surface area (Å²) in [5.41, 5.74) is 0. The van der Waals surface area contributed by atoms with Gasteiger partial charge in [0.1, 0.15) is 0 Å². The zero-order chi connectivity index (χ0) is 13.4.